The van der Waals surface area contributed by atoms with Crippen LogP contribution in [0.2, 0.25) is 0 Å². The van der Waals surface area contributed by atoms with Gasteiger partial charge in [-0.2, -0.15) is 5.26 Å². The molecule has 2 heterocycles. The number of nitrogens with one attached hydrogen (secondary N) is 1. The molecule has 1 aromatic rings. The molecule has 1 aliphatic heterocycles. The third-order valence-electron chi connectivity index (χ3n) is 5.43. The number of rotatable bonds is 4. The minimum Gasteiger partial charge on any atom is -0.481 e. The molecule has 27 heavy (non-hydrogen) atoms. The zero-order valence-corrected chi connectivity index (χ0v) is 15.4. The van der Waals surface area contributed by atoms with Crippen molar-refractivity contribution in [2.45, 2.75) is 51.2 Å². The molecule has 1 aromatic heterocycles. The van der Waals surface area contributed by atoms with Gasteiger partial charge >= 0.3 is 12.0 Å². The molecule has 8 nitrogen and oxygen atoms in total. The van der Waals surface area contributed by atoms with Crippen LogP contribution in [0.1, 0.15) is 44.6 Å². The highest BCUT2D eigenvalue weighted by atomic mass is 16.5. The molecule has 2 N–H and O–H groups in total. The van der Waals surface area contributed by atoms with Gasteiger partial charge in [0.05, 0.1) is 11.0 Å². The van der Waals surface area contributed by atoms with Crippen LogP contribution in [0, 0.1) is 16.7 Å². The Hall–Kier alpha value is -2.82. The average molecular weight is 372 g/mol. The summed E-state index contributed by atoms with van der Waals surface area (Å²) in [4.78, 5) is 29.4. The van der Waals surface area contributed by atoms with Crippen LogP contribution >= 0.6 is 0 Å². The Bertz CT molecular complexity index is 737. The standard InChI is InChI=1S/C19H24N4O4/c1-19(17(24)25)8-9-23(12-19)18(26)22-14-3-5-15(6-4-14)27-16-7-2-13(10-20)11-21-16/h2,7,11,14-15H,3-6,8-9,12H2,1H3,(H,22,26)(H,24,25). The van der Waals surface area contributed by atoms with Gasteiger partial charge in [-0.25, -0.2) is 9.78 Å². The highest BCUT2D eigenvalue weighted by Crippen LogP contribution is 2.30. The van der Waals surface area contributed by atoms with Crippen LogP contribution in [0.15, 0.2) is 18.3 Å². The molecule has 1 aliphatic carbocycles. The number of pyridine rings is 1. The number of hydrogen-bond acceptors (Lipinski definition) is 5. The highest BCUT2D eigenvalue weighted by molar-refractivity contribution is 5.79. The van der Waals surface area contributed by atoms with Crippen LogP contribution < -0.4 is 10.1 Å². The molecule has 1 saturated carbocycles. The molecule has 0 bridgehead atoms. The molecule has 1 unspecified atom stereocenters. The summed E-state index contributed by atoms with van der Waals surface area (Å²) in [5.41, 5.74) is -0.355. The van der Waals surface area contributed by atoms with Crippen molar-refractivity contribution < 1.29 is 19.4 Å². The van der Waals surface area contributed by atoms with Crippen LogP contribution in [-0.2, 0) is 4.79 Å². The lowest BCUT2D eigenvalue weighted by Crippen LogP contribution is -2.47. The zero-order chi connectivity index (χ0) is 19.4. The molecule has 2 fully saturated rings. The predicted molar refractivity (Wildman–Crippen MR) is 96.1 cm³/mol. The van der Waals surface area contributed by atoms with Crippen LogP contribution in [0.3, 0.4) is 0 Å². The Morgan fingerprint density at radius 2 is 2.11 bits per heavy atom. The number of likely N-dealkylation sites (tertiary alicyclic amines) is 1. The summed E-state index contributed by atoms with van der Waals surface area (Å²) in [6.45, 7) is 2.40. The first kappa shape index (κ1) is 19.0. The maximum Gasteiger partial charge on any atom is 0.317 e. The molecule has 0 spiro atoms. The number of carboxylic acid groups (broad SMARTS) is 1. The number of aromatic nitrogens is 1. The van der Waals surface area contributed by atoms with Crippen molar-refractivity contribution in [1.82, 2.24) is 15.2 Å². The van der Waals surface area contributed by atoms with Gasteiger partial charge in [-0.05, 0) is 45.1 Å². The summed E-state index contributed by atoms with van der Waals surface area (Å²) in [5, 5.41) is 21.1. The second-order valence-electron chi connectivity index (χ2n) is 7.58. The molecule has 0 aromatic carbocycles. The summed E-state index contributed by atoms with van der Waals surface area (Å²) in [6.07, 6.45) is 5.23. The number of carbonyl (C=O) groups excluding carboxylic acids is 1. The maximum atomic E-state index is 12.4. The summed E-state index contributed by atoms with van der Waals surface area (Å²) in [6, 6.07) is 5.28. The minimum absolute atomic E-state index is 0.0423. The number of nitrogens with zero attached hydrogens (tertiary/aromatic N) is 3. The van der Waals surface area contributed by atoms with Gasteiger partial charge in [0.1, 0.15) is 12.2 Å². The maximum absolute atomic E-state index is 12.4. The van der Waals surface area contributed by atoms with Crippen molar-refractivity contribution in [3.8, 4) is 11.9 Å². The number of carboxylic acids is 1. The smallest absolute Gasteiger partial charge is 0.317 e. The van der Waals surface area contributed by atoms with Crippen molar-refractivity contribution >= 4 is 12.0 Å². The van der Waals surface area contributed by atoms with Crippen molar-refractivity contribution in [2.24, 2.45) is 5.41 Å². The second kappa shape index (κ2) is 7.82. The topological polar surface area (TPSA) is 116 Å². The molecular formula is C19H24N4O4. The molecule has 1 saturated heterocycles. The third kappa shape index (κ3) is 4.48. The molecule has 1 atom stereocenters. The first-order valence-electron chi connectivity index (χ1n) is 9.21. The van der Waals surface area contributed by atoms with E-state index in [0.717, 1.165) is 25.7 Å². The number of carbonyl (C=O) groups is 2. The zero-order valence-electron chi connectivity index (χ0n) is 15.4. The number of aliphatic carboxylic acids is 1. The van der Waals surface area contributed by atoms with E-state index in [2.05, 4.69) is 10.3 Å². The molecule has 8 heteroatoms. The number of hydrogen-bond donors (Lipinski definition) is 2. The van der Waals surface area contributed by atoms with E-state index in [-0.39, 0.29) is 24.7 Å². The van der Waals surface area contributed by atoms with Gasteiger partial charge in [0.15, 0.2) is 0 Å². The van der Waals surface area contributed by atoms with E-state index in [0.29, 0.717) is 24.4 Å². The Kier molecular flexibility index (Phi) is 5.49. The van der Waals surface area contributed by atoms with Gasteiger partial charge in [0.25, 0.3) is 0 Å². The van der Waals surface area contributed by atoms with E-state index < -0.39 is 11.4 Å². The van der Waals surface area contributed by atoms with E-state index in [1.807, 2.05) is 6.07 Å². The van der Waals surface area contributed by atoms with Crippen molar-refractivity contribution in [2.75, 3.05) is 13.1 Å². The second-order valence-corrected chi connectivity index (χ2v) is 7.58. The molecule has 2 aliphatic rings. The van der Waals surface area contributed by atoms with E-state index in [1.54, 1.807) is 24.0 Å². The lowest BCUT2D eigenvalue weighted by Gasteiger charge is -2.30. The molecule has 0 radical (unpaired) electrons. The largest absolute Gasteiger partial charge is 0.481 e. The van der Waals surface area contributed by atoms with Gasteiger partial charge in [-0.1, -0.05) is 0 Å². The number of nitriles is 1. The van der Waals surface area contributed by atoms with E-state index in [1.165, 1.54) is 6.20 Å². The van der Waals surface area contributed by atoms with Gasteiger partial charge in [-0.3, -0.25) is 4.79 Å². The number of amides is 2. The fourth-order valence-corrected chi connectivity index (χ4v) is 3.59. The van der Waals surface area contributed by atoms with Crippen molar-refractivity contribution in [1.29, 1.82) is 5.26 Å². The van der Waals surface area contributed by atoms with Crippen LogP contribution in [0.4, 0.5) is 4.79 Å². The van der Waals surface area contributed by atoms with Crippen molar-refractivity contribution in [3.63, 3.8) is 0 Å². The molecular weight excluding hydrogens is 348 g/mol. The summed E-state index contributed by atoms with van der Waals surface area (Å²) >= 11 is 0. The highest BCUT2D eigenvalue weighted by Gasteiger charge is 2.42. The Morgan fingerprint density at radius 1 is 1.37 bits per heavy atom. The normalized spacial score (nSPS) is 27.6. The minimum atomic E-state index is -0.855. The van der Waals surface area contributed by atoms with E-state index in [9.17, 15) is 14.7 Å². The monoisotopic (exact) mass is 372 g/mol. The van der Waals surface area contributed by atoms with Gasteiger partial charge in [0, 0.05) is 31.4 Å². The Labute approximate surface area is 158 Å². The van der Waals surface area contributed by atoms with E-state index in [4.69, 9.17) is 10.00 Å². The van der Waals surface area contributed by atoms with Gasteiger partial charge in [-0.15, -0.1) is 0 Å². The quantitative estimate of drug-likeness (QED) is 0.837. The molecule has 144 valence electrons. The fourth-order valence-electron chi connectivity index (χ4n) is 3.59. The Balaban J connectivity index is 1.43. The lowest BCUT2D eigenvalue weighted by molar-refractivity contribution is -0.147. The summed E-state index contributed by atoms with van der Waals surface area (Å²) < 4.78 is 5.85. The first-order chi connectivity index (χ1) is 12.9. The van der Waals surface area contributed by atoms with Crippen LogP contribution in [0.25, 0.3) is 0 Å². The van der Waals surface area contributed by atoms with E-state index >= 15 is 0 Å². The predicted octanol–water partition coefficient (Wildman–Crippen LogP) is 2.15. The fraction of sp³-hybridized carbons (Fsp3) is 0.579. The summed E-state index contributed by atoms with van der Waals surface area (Å²) in [7, 11) is 0. The molecule has 3 rings (SSSR count). The first-order valence-corrected chi connectivity index (χ1v) is 9.21. The van der Waals surface area contributed by atoms with Crippen LogP contribution in [-0.4, -0.2) is 52.2 Å². The lowest BCUT2D eigenvalue weighted by atomic mass is 9.90. The number of urea groups is 1. The third-order valence-corrected chi connectivity index (χ3v) is 5.43. The van der Waals surface area contributed by atoms with Gasteiger partial charge < -0.3 is 20.1 Å². The summed E-state index contributed by atoms with van der Waals surface area (Å²) in [5.74, 6) is -0.349. The van der Waals surface area contributed by atoms with Crippen molar-refractivity contribution in [3.05, 3.63) is 23.9 Å². The molecule has 2 amide bonds. The average Bonchev–Trinajstić information content (AvgIpc) is 3.08. The SMILES string of the molecule is CC1(C(=O)O)CCN(C(=O)NC2CCC(Oc3ccc(C#N)cn3)CC2)C1. The van der Waals surface area contributed by atoms with Crippen LogP contribution in [0.5, 0.6) is 5.88 Å². The Morgan fingerprint density at radius 3 is 2.67 bits per heavy atom. The van der Waals surface area contributed by atoms with Gasteiger partial charge in [0.2, 0.25) is 5.88 Å². The number of ether oxygens (including phenoxy) is 1.